The molecule has 0 bridgehead atoms. The van der Waals surface area contributed by atoms with Crippen molar-refractivity contribution in [2.24, 2.45) is 17.6 Å². The zero-order chi connectivity index (χ0) is 9.84. The maximum absolute atomic E-state index is 10.7. The Kier molecular flexibility index (Phi) is 3.69. The molecule has 1 fully saturated rings. The van der Waals surface area contributed by atoms with Crippen LogP contribution in [0.25, 0.3) is 0 Å². The van der Waals surface area contributed by atoms with Gasteiger partial charge in [-0.3, -0.25) is 4.79 Å². The Labute approximate surface area is 78.7 Å². The van der Waals surface area contributed by atoms with E-state index in [1.54, 1.807) is 0 Å². The fraction of sp³-hybridized carbons (Fsp3) is 0.889. The zero-order valence-electron chi connectivity index (χ0n) is 8.07. The van der Waals surface area contributed by atoms with Crippen LogP contribution in [0.1, 0.15) is 12.8 Å². The lowest BCUT2D eigenvalue weighted by Crippen LogP contribution is -2.26. The molecule has 1 saturated heterocycles. The molecule has 2 atom stereocenters. The Hall–Kier alpha value is -0.610. The number of hydrogen-bond donors (Lipinski definition) is 2. The van der Waals surface area contributed by atoms with Crippen molar-refractivity contribution in [1.82, 2.24) is 4.90 Å². The summed E-state index contributed by atoms with van der Waals surface area (Å²) >= 11 is 0. The second-order valence-electron chi connectivity index (χ2n) is 3.92. The highest BCUT2D eigenvalue weighted by Crippen LogP contribution is 2.22. The van der Waals surface area contributed by atoms with Crippen molar-refractivity contribution >= 4 is 5.97 Å². The van der Waals surface area contributed by atoms with E-state index in [2.05, 4.69) is 11.9 Å². The van der Waals surface area contributed by atoms with Crippen LogP contribution in [0, 0.1) is 11.8 Å². The summed E-state index contributed by atoms with van der Waals surface area (Å²) in [6.07, 6.45) is 1.84. The van der Waals surface area contributed by atoms with Crippen molar-refractivity contribution in [2.45, 2.75) is 12.8 Å². The number of nitrogens with zero attached hydrogens (tertiary/aromatic N) is 1. The molecular formula is C9H18N2O2. The Morgan fingerprint density at radius 3 is 2.85 bits per heavy atom. The van der Waals surface area contributed by atoms with Crippen molar-refractivity contribution < 1.29 is 9.90 Å². The van der Waals surface area contributed by atoms with E-state index in [0.717, 1.165) is 25.9 Å². The van der Waals surface area contributed by atoms with Crippen molar-refractivity contribution in [3.63, 3.8) is 0 Å². The van der Waals surface area contributed by atoms with Crippen LogP contribution in [-0.4, -0.2) is 42.7 Å². The molecule has 1 heterocycles. The summed E-state index contributed by atoms with van der Waals surface area (Å²) in [5.41, 5.74) is 5.39. The molecule has 2 unspecified atom stereocenters. The summed E-state index contributed by atoms with van der Waals surface area (Å²) in [5.74, 6) is -0.580. The Morgan fingerprint density at radius 1 is 1.77 bits per heavy atom. The summed E-state index contributed by atoms with van der Waals surface area (Å²) < 4.78 is 0. The molecule has 1 rings (SSSR count). The summed E-state index contributed by atoms with van der Waals surface area (Å²) in [6, 6.07) is 0. The van der Waals surface area contributed by atoms with Gasteiger partial charge in [-0.1, -0.05) is 0 Å². The highest BCUT2D eigenvalue weighted by Gasteiger charge is 2.25. The van der Waals surface area contributed by atoms with Gasteiger partial charge in [0, 0.05) is 13.1 Å². The Morgan fingerprint density at radius 2 is 2.46 bits per heavy atom. The fourth-order valence-corrected chi connectivity index (χ4v) is 1.92. The van der Waals surface area contributed by atoms with Crippen LogP contribution in [0.4, 0.5) is 0 Å². The normalized spacial score (nSPS) is 26.2. The number of carboxylic acids is 1. The molecule has 0 aromatic rings. The van der Waals surface area contributed by atoms with E-state index < -0.39 is 5.97 Å². The van der Waals surface area contributed by atoms with Crippen molar-refractivity contribution in [2.75, 3.05) is 26.7 Å². The van der Waals surface area contributed by atoms with Gasteiger partial charge in [-0.25, -0.2) is 0 Å². The lowest BCUT2D eigenvalue weighted by molar-refractivity contribution is -0.141. The first-order chi connectivity index (χ1) is 6.13. The SMILES string of the molecule is CN1CCC(CC(CN)C(=O)O)C1. The second-order valence-corrected chi connectivity index (χ2v) is 3.92. The van der Waals surface area contributed by atoms with Crippen molar-refractivity contribution in [3.05, 3.63) is 0 Å². The number of aliphatic carboxylic acids is 1. The first-order valence-electron chi connectivity index (χ1n) is 4.75. The molecule has 13 heavy (non-hydrogen) atoms. The van der Waals surface area contributed by atoms with E-state index in [1.165, 1.54) is 0 Å². The zero-order valence-corrected chi connectivity index (χ0v) is 8.07. The van der Waals surface area contributed by atoms with Gasteiger partial charge in [-0.05, 0) is 32.4 Å². The summed E-state index contributed by atoms with van der Waals surface area (Å²) in [6.45, 7) is 2.36. The van der Waals surface area contributed by atoms with Crippen LogP contribution >= 0.6 is 0 Å². The second kappa shape index (κ2) is 4.58. The summed E-state index contributed by atoms with van der Waals surface area (Å²) in [5, 5.41) is 8.81. The standard InChI is InChI=1S/C9H18N2O2/c1-11-3-2-7(6-11)4-8(5-10)9(12)13/h7-8H,2-6,10H2,1H3,(H,12,13). The molecule has 1 aliphatic heterocycles. The minimum absolute atomic E-state index is 0.259. The average molecular weight is 186 g/mol. The van der Waals surface area contributed by atoms with Crippen LogP contribution in [0.3, 0.4) is 0 Å². The molecular weight excluding hydrogens is 168 g/mol. The van der Waals surface area contributed by atoms with Gasteiger partial charge in [0.15, 0.2) is 0 Å². The smallest absolute Gasteiger partial charge is 0.307 e. The summed E-state index contributed by atoms with van der Waals surface area (Å²) in [4.78, 5) is 12.9. The summed E-state index contributed by atoms with van der Waals surface area (Å²) in [7, 11) is 2.07. The third-order valence-corrected chi connectivity index (χ3v) is 2.74. The van der Waals surface area contributed by atoms with E-state index in [4.69, 9.17) is 10.8 Å². The molecule has 0 aliphatic carbocycles. The highest BCUT2D eigenvalue weighted by molar-refractivity contribution is 5.70. The van der Waals surface area contributed by atoms with Gasteiger partial charge in [0.2, 0.25) is 0 Å². The molecule has 76 valence electrons. The van der Waals surface area contributed by atoms with Gasteiger partial charge in [-0.2, -0.15) is 0 Å². The van der Waals surface area contributed by atoms with Crippen LogP contribution in [0.5, 0.6) is 0 Å². The van der Waals surface area contributed by atoms with Gasteiger partial charge in [0.25, 0.3) is 0 Å². The molecule has 4 nitrogen and oxygen atoms in total. The molecule has 0 spiro atoms. The van der Waals surface area contributed by atoms with Crippen LogP contribution in [-0.2, 0) is 4.79 Å². The lowest BCUT2D eigenvalue weighted by Gasteiger charge is -2.14. The van der Waals surface area contributed by atoms with Gasteiger partial charge in [-0.15, -0.1) is 0 Å². The number of rotatable bonds is 4. The van der Waals surface area contributed by atoms with Crippen molar-refractivity contribution in [1.29, 1.82) is 0 Å². The predicted molar refractivity (Wildman–Crippen MR) is 50.4 cm³/mol. The number of carbonyl (C=O) groups is 1. The van der Waals surface area contributed by atoms with Crippen LogP contribution < -0.4 is 5.73 Å². The van der Waals surface area contributed by atoms with Gasteiger partial charge < -0.3 is 15.7 Å². The molecule has 0 amide bonds. The topological polar surface area (TPSA) is 66.6 Å². The predicted octanol–water partition coefficient (Wildman–Crippen LogP) is -0.0123. The van der Waals surface area contributed by atoms with Crippen LogP contribution in [0.15, 0.2) is 0 Å². The Balaban J connectivity index is 2.34. The van der Waals surface area contributed by atoms with E-state index in [1.807, 2.05) is 0 Å². The lowest BCUT2D eigenvalue weighted by atomic mass is 9.94. The minimum atomic E-state index is -0.753. The quantitative estimate of drug-likeness (QED) is 0.648. The molecule has 0 aromatic heterocycles. The number of likely N-dealkylation sites (tertiary alicyclic amines) is 1. The van der Waals surface area contributed by atoms with E-state index >= 15 is 0 Å². The van der Waals surface area contributed by atoms with Crippen molar-refractivity contribution in [3.8, 4) is 0 Å². The monoisotopic (exact) mass is 186 g/mol. The minimum Gasteiger partial charge on any atom is -0.481 e. The third-order valence-electron chi connectivity index (χ3n) is 2.74. The molecule has 0 radical (unpaired) electrons. The molecule has 0 aromatic carbocycles. The largest absolute Gasteiger partial charge is 0.481 e. The maximum Gasteiger partial charge on any atom is 0.307 e. The Bertz CT molecular complexity index is 184. The third kappa shape index (κ3) is 2.97. The van der Waals surface area contributed by atoms with E-state index in [0.29, 0.717) is 5.92 Å². The first kappa shape index (κ1) is 10.5. The highest BCUT2D eigenvalue weighted by atomic mass is 16.4. The molecule has 0 saturated carbocycles. The fourth-order valence-electron chi connectivity index (χ4n) is 1.92. The maximum atomic E-state index is 10.7. The van der Waals surface area contributed by atoms with E-state index in [-0.39, 0.29) is 12.5 Å². The number of hydrogen-bond acceptors (Lipinski definition) is 3. The van der Waals surface area contributed by atoms with Crippen LogP contribution in [0.2, 0.25) is 0 Å². The van der Waals surface area contributed by atoms with Gasteiger partial charge in [0.05, 0.1) is 5.92 Å². The van der Waals surface area contributed by atoms with Gasteiger partial charge in [0.1, 0.15) is 0 Å². The number of nitrogens with two attached hydrogens (primary N) is 1. The first-order valence-corrected chi connectivity index (χ1v) is 4.75. The van der Waals surface area contributed by atoms with Gasteiger partial charge >= 0.3 is 5.97 Å². The van der Waals surface area contributed by atoms with E-state index in [9.17, 15) is 4.79 Å². The molecule has 4 heteroatoms. The average Bonchev–Trinajstić information content (AvgIpc) is 2.46. The molecule has 3 N–H and O–H groups in total. The number of carboxylic acid groups (broad SMARTS) is 1. The molecule has 1 aliphatic rings.